The number of fused-ring (bicyclic) bond motifs is 1. The first-order valence-corrected chi connectivity index (χ1v) is 6.81. The molecule has 0 bridgehead atoms. The summed E-state index contributed by atoms with van der Waals surface area (Å²) in [5.74, 6) is 0.915. The first-order chi connectivity index (χ1) is 9.83. The third-order valence-electron chi connectivity index (χ3n) is 3.42. The van der Waals surface area contributed by atoms with Crippen LogP contribution in [0, 0.1) is 0 Å². The van der Waals surface area contributed by atoms with Crippen LogP contribution in [0.25, 0.3) is 0 Å². The van der Waals surface area contributed by atoms with Gasteiger partial charge in [0.2, 0.25) is 5.91 Å². The molecule has 0 unspecified atom stereocenters. The quantitative estimate of drug-likeness (QED) is 0.924. The Kier molecular flexibility index (Phi) is 3.67. The van der Waals surface area contributed by atoms with Crippen LogP contribution < -0.4 is 10.1 Å². The van der Waals surface area contributed by atoms with Gasteiger partial charge in [0.05, 0.1) is 12.6 Å². The summed E-state index contributed by atoms with van der Waals surface area (Å²) in [4.78, 5) is 12.0. The van der Waals surface area contributed by atoms with Gasteiger partial charge in [0.25, 0.3) is 0 Å². The summed E-state index contributed by atoms with van der Waals surface area (Å²) in [7, 11) is 0. The van der Waals surface area contributed by atoms with Crippen molar-refractivity contribution in [3.8, 4) is 5.75 Å². The van der Waals surface area contributed by atoms with Gasteiger partial charge in [0.1, 0.15) is 5.75 Å². The molecule has 1 aliphatic rings. The van der Waals surface area contributed by atoms with Gasteiger partial charge in [-0.2, -0.15) is 5.10 Å². The maximum atomic E-state index is 12.0. The summed E-state index contributed by atoms with van der Waals surface area (Å²) >= 11 is 0. The van der Waals surface area contributed by atoms with E-state index in [4.69, 9.17) is 4.74 Å². The molecule has 5 heteroatoms. The van der Waals surface area contributed by atoms with Crippen LogP contribution >= 0.6 is 0 Å². The zero-order chi connectivity index (χ0) is 13.8. The van der Waals surface area contributed by atoms with Crippen molar-refractivity contribution in [2.24, 2.45) is 0 Å². The molecule has 1 amide bonds. The van der Waals surface area contributed by atoms with E-state index in [1.807, 2.05) is 36.5 Å². The molecule has 104 valence electrons. The number of rotatable bonds is 4. The number of hydrogen-bond donors (Lipinski definition) is 1. The van der Waals surface area contributed by atoms with Gasteiger partial charge in [-0.1, -0.05) is 18.2 Å². The van der Waals surface area contributed by atoms with Crippen LogP contribution in [0.4, 0.5) is 0 Å². The fraction of sp³-hybridized carbons (Fsp3) is 0.333. The number of carbonyl (C=O) groups excluding carboxylic acids is 1. The number of benzene rings is 1. The summed E-state index contributed by atoms with van der Waals surface area (Å²) in [6.07, 6.45) is 4.81. The number of ether oxygens (including phenoxy) is 1. The first kappa shape index (κ1) is 12.7. The van der Waals surface area contributed by atoms with Crippen LogP contribution in [-0.2, 0) is 11.3 Å². The van der Waals surface area contributed by atoms with Crippen LogP contribution in [0.2, 0.25) is 0 Å². The summed E-state index contributed by atoms with van der Waals surface area (Å²) in [6.45, 7) is 1.24. The molecule has 0 saturated carbocycles. The van der Waals surface area contributed by atoms with Gasteiger partial charge in [-0.25, -0.2) is 0 Å². The third kappa shape index (κ3) is 2.82. The molecule has 5 nitrogen and oxygen atoms in total. The zero-order valence-electron chi connectivity index (χ0n) is 11.2. The number of amides is 1. The van der Waals surface area contributed by atoms with Crippen molar-refractivity contribution in [3.63, 3.8) is 0 Å². The Morgan fingerprint density at radius 2 is 2.30 bits per heavy atom. The van der Waals surface area contributed by atoms with Gasteiger partial charge in [-0.15, -0.1) is 0 Å². The summed E-state index contributed by atoms with van der Waals surface area (Å²) in [5, 5.41) is 7.17. The minimum Gasteiger partial charge on any atom is -0.493 e. The number of aromatic nitrogens is 2. The molecule has 0 fully saturated rings. The molecular formula is C15H17N3O2. The maximum absolute atomic E-state index is 12.0. The monoisotopic (exact) mass is 271 g/mol. The predicted octanol–water partition coefficient (Wildman–Crippen LogP) is 1.91. The SMILES string of the molecule is O=C(CCn1cccn1)N[C@H]1CCOc2ccccc21. The minimum atomic E-state index is 0.0437. The Balaban J connectivity index is 1.59. The Morgan fingerprint density at radius 1 is 1.40 bits per heavy atom. The lowest BCUT2D eigenvalue weighted by Crippen LogP contribution is -2.32. The average molecular weight is 271 g/mol. The topological polar surface area (TPSA) is 56.2 Å². The molecule has 0 spiro atoms. The van der Waals surface area contributed by atoms with E-state index in [0.29, 0.717) is 19.6 Å². The summed E-state index contributed by atoms with van der Waals surface area (Å²) < 4.78 is 7.35. The Morgan fingerprint density at radius 3 is 3.15 bits per heavy atom. The molecule has 1 aliphatic heterocycles. The number of nitrogens with zero attached hydrogens (tertiary/aromatic N) is 2. The van der Waals surface area contributed by atoms with Crippen LogP contribution in [-0.4, -0.2) is 22.3 Å². The highest BCUT2D eigenvalue weighted by Gasteiger charge is 2.22. The number of para-hydroxylation sites is 1. The lowest BCUT2D eigenvalue weighted by Gasteiger charge is -2.26. The highest BCUT2D eigenvalue weighted by Crippen LogP contribution is 2.31. The molecule has 3 rings (SSSR count). The second-order valence-electron chi connectivity index (χ2n) is 4.81. The molecule has 1 aromatic heterocycles. The van der Waals surface area contributed by atoms with E-state index in [1.54, 1.807) is 10.9 Å². The van der Waals surface area contributed by atoms with Crippen LogP contribution in [0.1, 0.15) is 24.4 Å². The lowest BCUT2D eigenvalue weighted by atomic mass is 10.0. The van der Waals surface area contributed by atoms with Crippen LogP contribution in [0.15, 0.2) is 42.7 Å². The molecule has 2 heterocycles. The van der Waals surface area contributed by atoms with Crippen LogP contribution in [0.5, 0.6) is 5.75 Å². The second-order valence-corrected chi connectivity index (χ2v) is 4.81. The van der Waals surface area contributed by atoms with E-state index in [2.05, 4.69) is 10.4 Å². The fourth-order valence-corrected chi connectivity index (χ4v) is 2.41. The predicted molar refractivity (Wildman–Crippen MR) is 74.3 cm³/mol. The zero-order valence-corrected chi connectivity index (χ0v) is 11.2. The van der Waals surface area contributed by atoms with E-state index in [1.165, 1.54) is 0 Å². The average Bonchev–Trinajstić information content (AvgIpc) is 2.99. The van der Waals surface area contributed by atoms with E-state index >= 15 is 0 Å². The molecule has 2 aromatic rings. The molecule has 0 radical (unpaired) electrons. The molecule has 0 aliphatic carbocycles. The molecule has 0 saturated heterocycles. The Labute approximate surface area is 117 Å². The molecule has 1 atom stereocenters. The smallest absolute Gasteiger partial charge is 0.222 e. The van der Waals surface area contributed by atoms with Gasteiger partial charge >= 0.3 is 0 Å². The van der Waals surface area contributed by atoms with Crippen molar-refractivity contribution in [1.29, 1.82) is 0 Å². The van der Waals surface area contributed by atoms with E-state index in [-0.39, 0.29) is 11.9 Å². The van der Waals surface area contributed by atoms with Gasteiger partial charge in [0.15, 0.2) is 0 Å². The molecule has 1 N–H and O–H groups in total. The van der Waals surface area contributed by atoms with Gasteiger partial charge in [-0.3, -0.25) is 9.48 Å². The lowest BCUT2D eigenvalue weighted by molar-refractivity contribution is -0.122. The van der Waals surface area contributed by atoms with Crippen LogP contribution in [0.3, 0.4) is 0 Å². The normalized spacial score (nSPS) is 17.1. The van der Waals surface area contributed by atoms with E-state index < -0.39 is 0 Å². The minimum absolute atomic E-state index is 0.0437. The number of hydrogen-bond acceptors (Lipinski definition) is 3. The van der Waals surface area contributed by atoms with Gasteiger partial charge in [-0.05, 0) is 12.1 Å². The van der Waals surface area contributed by atoms with Crippen molar-refractivity contribution >= 4 is 5.91 Å². The Bertz CT molecular complexity index is 581. The highest BCUT2D eigenvalue weighted by molar-refractivity contribution is 5.76. The number of nitrogens with one attached hydrogen (secondary N) is 1. The van der Waals surface area contributed by atoms with Crippen molar-refractivity contribution < 1.29 is 9.53 Å². The van der Waals surface area contributed by atoms with Crippen molar-refractivity contribution in [3.05, 3.63) is 48.3 Å². The van der Waals surface area contributed by atoms with E-state index in [9.17, 15) is 4.79 Å². The molecular weight excluding hydrogens is 254 g/mol. The second kappa shape index (κ2) is 5.77. The first-order valence-electron chi connectivity index (χ1n) is 6.81. The van der Waals surface area contributed by atoms with Crippen molar-refractivity contribution in [2.75, 3.05) is 6.61 Å². The van der Waals surface area contributed by atoms with Crippen molar-refractivity contribution in [2.45, 2.75) is 25.4 Å². The maximum Gasteiger partial charge on any atom is 0.222 e. The van der Waals surface area contributed by atoms with Gasteiger partial charge < -0.3 is 10.1 Å². The standard InChI is InChI=1S/C15H17N3O2/c19-15(6-10-18-9-3-8-16-18)17-13-7-11-20-14-5-2-1-4-12(13)14/h1-5,8-9,13H,6-7,10-11H2,(H,17,19)/t13-/m0/s1. The number of aryl methyl sites for hydroxylation is 1. The highest BCUT2D eigenvalue weighted by atomic mass is 16.5. The molecule has 20 heavy (non-hydrogen) atoms. The van der Waals surface area contributed by atoms with Gasteiger partial charge in [0, 0.05) is 37.3 Å². The van der Waals surface area contributed by atoms with E-state index in [0.717, 1.165) is 17.7 Å². The Hall–Kier alpha value is -2.30. The largest absolute Gasteiger partial charge is 0.493 e. The fourth-order valence-electron chi connectivity index (χ4n) is 2.41. The summed E-state index contributed by atoms with van der Waals surface area (Å²) in [6, 6.07) is 9.76. The number of carbonyl (C=O) groups is 1. The van der Waals surface area contributed by atoms with Crippen molar-refractivity contribution in [1.82, 2.24) is 15.1 Å². The molecule has 1 aromatic carbocycles. The third-order valence-corrected chi connectivity index (χ3v) is 3.42. The summed E-state index contributed by atoms with van der Waals surface area (Å²) in [5.41, 5.74) is 1.06.